The molecule has 0 atom stereocenters. The summed E-state index contributed by atoms with van der Waals surface area (Å²) in [7, 11) is 0. The zero-order valence-electron chi connectivity index (χ0n) is 14.9. The number of aliphatic hydroxyl groups is 1. The molecule has 2 aromatic rings. The van der Waals surface area contributed by atoms with Crippen molar-refractivity contribution in [2.24, 2.45) is 5.41 Å². The van der Waals surface area contributed by atoms with Gasteiger partial charge in [-0.1, -0.05) is 30.3 Å². The van der Waals surface area contributed by atoms with E-state index >= 15 is 0 Å². The zero-order valence-corrected chi connectivity index (χ0v) is 15.7. The topological polar surface area (TPSA) is 69.6 Å². The van der Waals surface area contributed by atoms with Gasteiger partial charge in [0.1, 0.15) is 0 Å². The maximum atomic E-state index is 13.1. The van der Waals surface area contributed by atoms with E-state index in [1.54, 1.807) is 0 Å². The molecule has 2 N–H and O–H groups in total. The number of rotatable bonds is 8. The molecule has 26 heavy (non-hydrogen) atoms. The smallest absolute Gasteiger partial charge is 0.264 e. The third kappa shape index (κ3) is 4.71. The van der Waals surface area contributed by atoms with Crippen molar-refractivity contribution < 1.29 is 14.7 Å². The molecule has 1 aliphatic rings. The van der Waals surface area contributed by atoms with E-state index in [1.165, 1.54) is 18.3 Å². The maximum absolute atomic E-state index is 13.1. The molecule has 0 aliphatic heterocycles. The van der Waals surface area contributed by atoms with Gasteiger partial charge in [-0.05, 0) is 30.5 Å². The van der Waals surface area contributed by atoms with Crippen molar-refractivity contribution in [3.05, 3.63) is 57.8 Å². The van der Waals surface area contributed by atoms with Gasteiger partial charge in [-0.15, -0.1) is 11.3 Å². The SMILES string of the molecule is CC(=O)NCc1ccc(C(=O)N(Cc2ccccc2)CC2(CO)CC2)s1. The van der Waals surface area contributed by atoms with Crippen LogP contribution in [-0.4, -0.2) is 35.0 Å². The van der Waals surface area contributed by atoms with Gasteiger partial charge < -0.3 is 15.3 Å². The minimum atomic E-state index is -0.138. The molecule has 1 saturated carbocycles. The highest BCUT2D eigenvalue weighted by atomic mass is 32.1. The van der Waals surface area contributed by atoms with Crippen molar-refractivity contribution in [2.45, 2.75) is 32.9 Å². The number of carbonyl (C=O) groups is 2. The van der Waals surface area contributed by atoms with Crippen LogP contribution in [0.15, 0.2) is 42.5 Å². The van der Waals surface area contributed by atoms with E-state index in [9.17, 15) is 14.7 Å². The predicted molar refractivity (Wildman–Crippen MR) is 102 cm³/mol. The standard InChI is InChI=1S/C20H24N2O3S/c1-15(24)21-11-17-7-8-18(26-17)19(25)22(13-20(14-23)9-10-20)12-16-5-3-2-4-6-16/h2-8,23H,9-14H2,1H3,(H,21,24). The van der Waals surface area contributed by atoms with Gasteiger partial charge in [-0.25, -0.2) is 0 Å². The summed E-state index contributed by atoms with van der Waals surface area (Å²) in [6.45, 7) is 3.12. The van der Waals surface area contributed by atoms with Crippen LogP contribution < -0.4 is 5.32 Å². The third-order valence-corrected chi connectivity index (χ3v) is 5.78. The van der Waals surface area contributed by atoms with Crippen LogP contribution in [0.25, 0.3) is 0 Å². The number of hydrogen-bond donors (Lipinski definition) is 2. The number of thiophene rings is 1. The molecule has 1 heterocycles. The van der Waals surface area contributed by atoms with Crippen LogP contribution in [0.5, 0.6) is 0 Å². The van der Waals surface area contributed by atoms with Crippen LogP contribution in [0, 0.1) is 5.41 Å². The van der Waals surface area contributed by atoms with E-state index in [2.05, 4.69) is 5.32 Å². The summed E-state index contributed by atoms with van der Waals surface area (Å²) in [5.41, 5.74) is 0.936. The van der Waals surface area contributed by atoms with E-state index in [0.717, 1.165) is 23.3 Å². The Morgan fingerprint density at radius 2 is 1.92 bits per heavy atom. The number of nitrogens with zero attached hydrogens (tertiary/aromatic N) is 1. The second-order valence-electron chi connectivity index (χ2n) is 6.98. The monoisotopic (exact) mass is 372 g/mol. The molecule has 0 spiro atoms. The molecule has 2 amide bonds. The van der Waals surface area contributed by atoms with E-state index in [-0.39, 0.29) is 23.8 Å². The summed E-state index contributed by atoms with van der Waals surface area (Å²) < 4.78 is 0. The molecule has 0 radical (unpaired) electrons. The minimum absolute atomic E-state index is 0.0207. The third-order valence-electron chi connectivity index (χ3n) is 4.71. The molecule has 138 valence electrons. The number of aliphatic hydroxyl groups excluding tert-OH is 1. The lowest BCUT2D eigenvalue weighted by Crippen LogP contribution is -2.36. The van der Waals surface area contributed by atoms with Gasteiger partial charge in [0, 0.05) is 30.3 Å². The Morgan fingerprint density at radius 1 is 1.19 bits per heavy atom. The van der Waals surface area contributed by atoms with Gasteiger partial charge in [0.25, 0.3) is 5.91 Å². The van der Waals surface area contributed by atoms with Crippen molar-refractivity contribution in [3.63, 3.8) is 0 Å². The van der Waals surface area contributed by atoms with Crippen molar-refractivity contribution in [1.82, 2.24) is 10.2 Å². The highest BCUT2D eigenvalue weighted by Gasteiger charge is 2.44. The molecule has 0 unspecified atom stereocenters. The molecule has 5 nitrogen and oxygen atoms in total. The Morgan fingerprint density at radius 3 is 2.54 bits per heavy atom. The Balaban J connectivity index is 1.74. The highest BCUT2D eigenvalue weighted by molar-refractivity contribution is 7.14. The first-order valence-electron chi connectivity index (χ1n) is 8.79. The van der Waals surface area contributed by atoms with Gasteiger partial charge in [0.05, 0.1) is 18.0 Å². The lowest BCUT2D eigenvalue weighted by molar-refractivity contribution is -0.119. The molecule has 1 fully saturated rings. The van der Waals surface area contributed by atoms with E-state index in [1.807, 2.05) is 47.4 Å². The number of hydrogen-bond acceptors (Lipinski definition) is 4. The second kappa shape index (κ2) is 8.01. The van der Waals surface area contributed by atoms with E-state index in [0.29, 0.717) is 24.5 Å². The molecule has 3 rings (SSSR count). The summed E-state index contributed by atoms with van der Waals surface area (Å²) in [6, 6.07) is 13.6. The Bertz CT molecular complexity index is 768. The molecular weight excluding hydrogens is 348 g/mol. The Kier molecular flexibility index (Phi) is 5.74. The molecule has 0 bridgehead atoms. The lowest BCUT2D eigenvalue weighted by atomic mass is 10.1. The maximum Gasteiger partial charge on any atom is 0.264 e. The summed E-state index contributed by atoms with van der Waals surface area (Å²) in [5, 5.41) is 12.4. The minimum Gasteiger partial charge on any atom is -0.396 e. The second-order valence-corrected chi connectivity index (χ2v) is 8.15. The van der Waals surface area contributed by atoms with Gasteiger partial charge in [-0.2, -0.15) is 0 Å². The summed E-state index contributed by atoms with van der Waals surface area (Å²) in [5.74, 6) is -0.108. The lowest BCUT2D eigenvalue weighted by Gasteiger charge is -2.26. The van der Waals surface area contributed by atoms with Gasteiger partial charge in [-0.3, -0.25) is 9.59 Å². The Hall–Kier alpha value is -2.18. The van der Waals surface area contributed by atoms with Crippen molar-refractivity contribution in [1.29, 1.82) is 0 Å². The number of amides is 2. The fourth-order valence-corrected chi connectivity index (χ4v) is 3.82. The summed E-state index contributed by atoms with van der Waals surface area (Å²) in [6.07, 6.45) is 1.92. The Labute approximate surface area is 157 Å². The number of benzene rings is 1. The van der Waals surface area contributed by atoms with Crippen LogP contribution in [0.4, 0.5) is 0 Å². The van der Waals surface area contributed by atoms with Crippen LogP contribution in [0.3, 0.4) is 0 Å². The van der Waals surface area contributed by atoms with E-state index < -0.39 is 0 Å². The molecule has 1 aromatic carbocycles. The fourth-order valence-electron chi connectivity index (χ4n) is 2.91. The molecule has 0 saturated heterocycles. The number of carbonyl (C=O) groups excluding carboxylic acids is 2. The highest BCUT2D eigenvalue weighted by Crippen LogP contribution is 2.46. The van der Waals surface area contributed by atoms with Crippen molar-refractivity contribution >= 4 is 23.2 Å². The van der Waals surface area contributed by atoms with E-state index in [4.69, 9.17) is 0 Å². The van der Waals surface area contributed by atoms with Crippen LogP contribution in [0.2, 0.25) is 0 Å². The van der Waals surface area contributed by atoms with Crippen LogP contribution in [-0.2, 0) is 17.9 Å². The fraction of sp³-hybridized carbons (Fsp3) is 0.400. The predicted octanol–water partition coefficient (Wildman–Crippen LogP) is 2.80. The van der Waals surface area contributed by atoms with Crippen LogP contribution in [0.1, 0.15) is 39.9 Å². The van der Waals surface area contributed by atoms with Gasteiger partial charge in [0.15, 0.2) is 0 Å². The van der Waals surface area contributed by atoms with Gasteiger partial charge in [0.2, 0.25) is 5.91 Å². The zero-order chi connectivity index (χ0) is 18.6. The molecule has 6 heteroatoms. The molecular formula is C20H24N2O3S. The quantitative estimate of drug-likeness (QED) is 0.749. The van der Waals surface area contributed by atoms with Crippen molar-refractivity contribution in [2.75, 3.05) is 13.2 Å². The van der Waals surface area contributed by atoms with Crippen molar-refractivity contribution in [3.8, 4) is 0 Å². The first-order valence-corrected chi connectivity index (χ1v) is 9.60. The summed E-state index contributed by atoms with van der Waals surface area (Å²) in [4.78, 5) is 27.6. The van der Waals surface area contributed by atoms with Crippen LogP contribution >= 0.6 is 11.3 Å². The average Bonchev–Trinajstić information content (AvgIpc) is 3.26. The normalized spacial score (nSPS) is 14.7. The molecule has 1 aliphatic carbocycles. The largest absolute Gasteiger partial charge is 0.396 e. The average molecular weight is 372 g/mol. The first-order chi connectivity index (χ1) is 12.5. The first kappa shape index (κ1) is 18.6. The number of nitrogens with one attached hydrogen (secondary N) is 1. The molecule has 1 aromatic heterocycles. The van der Waals surface area contributed by atoms with Gasteiger partial charge >= 0.3 is 0 Å². The summed E-state index contributed by atoms with van der Waals surface area (Å²) >= 11 is 1.41.